The summed E-state index contributed by atoms with van der Waals surface area (Å²) in [4.78, 5) is 12.9. The first-order valence-corrected chi connectivity index (χ1v) is 13.9. The molecule has 0 aliphatic carbocycles. The minimum Gasteiger partial charge on any atom is -0.309 e. The van der Waals surface area contributed by atoms with Gasteiger partial charge < -0.3 is 4.57 Å². The van der Waals surface area contributed by atoms with Crippen LogP contribution in [0, 0.1) is 0 Å². The number of hydrogen-bond donors (Lipinski definition) is 1. The van der Waals surface area contributed by atoms with E-state index < -0.39 is 0 Å². The molecule has 0 radical (unpaired) electrons. The highest BCUT2D eigenvalue weighted by molar-refractivity contribution is 9.10. The largest absolute Gasteiger partial charge is 0.309 e. The van der Waals surface area contributed by atoms with Crippen molar-refractivity contribution in [3.05, 3.63) is 149 Å². The molecule has 1 amide bonds. The fraction of sp³-hybridized carbons (Fsp3) is 0.0286. The smallest absolute Gasteiger partial charge is 0.244 e. The highest BCUT2D eigenvalue weighted by Crippen LogP contribution is 2.35. The molecule has 0 atom stereocenters. The van der Waals surface area contributed by atoms with Crippen molar-refractivity contribution in [1.29, 1.82) is 0 Å². The van der Waals surface area contributed by atoms with Gasteiger partial charge in [-0.2, -0.15) is 5.10 Å². The lowest BCUT2D eigenvalue weighted by molar-refractivity contribution is -0.120. The zero-order valence-corrected chi connectivity index (χ0v) is 23.3. The van der Waals surface area contributed by atoms with Crippen LogP contribution in [0.2, 0.25) is 0 Å². The van der Waals surface area contributed by atoms with Gasteiger partial charge in [0.05, 0.1) is 24.0 Å². The van der Waals surface area contributed by atoms with Crippen LogP contribution in [0.3, 0.4) is 0 Å². The highest BCUT2D eigenvalue weighted by atomic mass is 79.9. The Bertz CT molecular complexity index is 1800. The maximum absolute atomic E-state index is 12.9. The summed E-state index contributed by atoms with van der Waals surface area (Å²) in [6.45, 7) is 0. The molecule has 6 aromatic rings. The summed E-state index contributed by atoms with van der Waals surface area (Å²) in [7, 11) is 0. The monoisotopic (exact) mass is 583 g/mol. The van der Waals surface area contributed by atoms with Gasteiger partial charge in [-0.1, -0.05) is 119 Å². The van der Waals surface area contributed by atoms with E-state index in [-0.39, 0.29) is 12.3 Å². The van der Waals surface area contributed by atoms with Crippen LogP contribution in [0.25, 0.3) is 39.0 Å². The number of rotatable bonds is 7. The number of carbonyl (C=O) groups is 1. The lowest BCUT2D eigenvalue weighted by atomic mass is 10.0. The van der Waals surface area contributed by atoms with Crippen molar-refractivity contribution in [2.24, 2.45) is 5.10 Å². The van der Waals surface area contributed by atoms with Crippen molar-refractivity contribution < 1.29 is 4.79 Å². The van der Waals surface area contributed by atoms with Crippen LogP contribution in [0.15, 0.2) is 143 Å². The van der Waals surface area contributed by atoms with Crippen molar-refractivity contribution in [3.8, 4) is 28.2 Å². The topological polar surface area (TPSA) is 46.4 Å². The number of hydrazone groups is 1. The number of hydrogen-bond acceptors (Lipinski definition) is 2. The van der Waals surface area contributed by atoms with Gasteiger partial charge in [0.1, 0.15) is 0 Å². The fourth-order valence-electron chi connectivity index (χ4n) is 5.03. The third-order valence-electron chi connectivity index (χ3n) is 6.86. The van der Waals surface area contributed by atoms with Gasteiger partial charge in [0, 0.05) is 15.7 Å². The molecule has 0 fully saturated rings. The average Bonchev–Trinajstić information content (AvgIpc) is 3.38. The molecule has 6 rings (SSSR count). The average molecular weight is 585 g/mol. The van der Waals surface area contributed by atoms with E-state index in [2.05, 4.69) is 85.6 Å². The van der Waals surface area contributed by atoms with Crippen LogP contribution >= 0.6 is 15.9 Å². The summed E-state index contributed by atoms with van der Waals surface area (Å²) >= 11 is 3.56. The van der Waals surface area contributed by atoms with Crippen LogP contribution in [-0.2, 0) is 11.2 Å². The first kappa shape index (κ1) is 25.5. The highest BCUT2D eigenvalue weighted by Gasteiger charge is 2.19. The van der Waals surface area contributed by atoms with Crippen molar-refractivity contribution in [2.45, 2.75) is 6.42 Å². The zero-order chi connectivity index (χ0) is 27.3. The summed E-state index contributed by atoms with van der Waals surface area (Å²) in [6.07, 6.45) is 1.99. The Morgan fingerprint density at radius 2 is 1.40 bits per heavy atom. The number of aromatic nitrogens is 1. The molecule has 0 aliphatic rings. The molecule has 1 N–H and O–H groups in total. The third kappa shape index (κ3) is 5.37. The van der Waals surface area contributed by atoms with Crippen LogP contribution < -0.4 is 5.43 Å². The molecule has 4 nitrogen and oxygen atoms in total. The minimum atomic E-state index is -0.163. The predicted molar refractivity (Wildman–Crippen MR) is 168 cm³/mol. The fourth-order valence-corrected chi connectivity index (χ4v) is 5.30. The number of amides is 1. The third-order valence-corrected chi connectivity index (χ3v) is 7.38. The van der Waals surface area contributed by atoms with E-state index in [4.69, 9.17) is 0 Å². The minimum absolute atomic E-state index is 0.163. The Kier molecular flexibility index (Phi) is 7.38. The number of benzene rings is 5. The molecule has 5 heteroatoms. The summed E-state index contributed by atoms with van der Waals surface area (Å²) < 4.78 is 3.26. The summed E-state index contributed by atoms with van der Waals surface area (Å²) in [5, 5.41) is 6.61. The number of nitrogens with one attached hydrogen (secondary N) is 1. The van der Waals surface area contributed by atoms with E-state index in [9.17, 15) is 4.79 Å². The van der Waals surface area contributed by atoms with Gasteiger partial charge in [-0.05, 0) is 57.8 Å². The molecule has 0 aliphatic heterocycles. The van der Waals surface area contributed by atoms with Gasteiger partial charge in [0.2, 0.25) is 5.91 Å². The number of carbonyl (C=O) groups excluding carboxylic acids is 1. The van der Waals surface area contributed by atoms with E-state index in [1.54, 1.807) is 6.21 Å². The lowest BCUT2D eigenvalue weighted by Gasteiger charge is -2.15. The molecule has 0 spiro atoms. The molecule has 5 aromatic carbocycles. The summed E-state index contributed by atoms with van der Waals surface area (Å²) in [5.74, 6) is -0.163. The van der Waals surface area contributed by atoms with E-state index in [0.717, 1.165) is 54.6 Å². The second-order valence-electron chi connectivity index (χ2n) is 9.49. The Hall–Kier alpha value is -4.74. The van der Waals surface area contributed by atoms with Gasteiger partial charge in [0.25, 0.3) is 0 Å². The first-order valence-electron chi connectivity index (χ1n) is 13.1. The quantitative estimate of drug-likeness (QED) is 0.149. The van der Waals surface area contributed by atoms with Crippen molar-refractivity contribution >= 4 is 38.8 Å². The first-order chi connectivity index (χ1) is 19.7. The van der Waals surface area contributed by atoms with Crippen LogP contribution in [-0.4, -0.2) is 16.7 Å². The molecule has 40 heavy (non-hydrogen) atoms. The molecule has 1 aromatic heterocycles. The standard InChI is InChI=1S/C35H26BrN3O/c36-30-18-20-31(21-19-30)39-33(26-11-3-1-4-12-26)22-29(35(39)27-13-5-2-6-14-27)24-37-38-34(40)23-28-16-9-15-25-10-7-8-17-32(25)28/h1-22,24H,23H2,(H,38,40)/b37-24+. The van der Waals surface area contributed by atoms with E-state index in [1.807, 2.05) is 78.9 Å². The molecule has 1 heterocycles. The van der Waals surface area contributed by atoms with Gasteiger partial charge in [-0.25, -0.2) is 5.43 Å². The maximum Gasteiger partial charge on any atom is 0.244 e. The summed E-state index contributed by atoms with van der Waals surface area (Å²) in [6, 6.07) is 45.1. The second kappa shape index (κ2) is 11.6. The van der Waals surface area contributed by atoms with Crippen molar-refractivity contribution in [1.82, 2.24) is 9.99 Å². The summed E-state index contributed by atoms with van der Waals surface area (Å²) in [5.41, 5.74) is 9.82. The molecular weight excluding hydrogens is 558 g/mol. The Morgan fingerprint density at radius 1 is 0.750 bits per heavy atom. The number of nitrogens with zero attached hydrogens (tertiary/aromatic N) is 2. The predicted octanol–water partition coefficient (Wildman–Crippen LogP) is 8.42. The van der Waals surface area contributed by atoms with Crippen LogP contribution in [0.4, 0.5) is 0 Å². The van der Waals surface area contributed by atoms with Gasteiger partial charge in [-0.15, -0.1) is 0 Å². The zero-order valence-electron chi connectivity index (χ0n) is 21.7. The molecule has 0 unspecified atom stereocenters. The molecule has 0 saturated heterocycles. The van der Waals surface area contributed by atoms with Crippen LogP contribution in [0.1, 0.15) is 11.1 Å². The normalized spacial score (nSPS) is 11.2. The molecule has 0 bridgehead atoms. The van der Waals surface area contributed by atoms with Crippen LogP contribution in [0.5, 0.6) is 0 Å². The van der Waals surface area contributed by atoms with Gasteiger partial charge >= 0.3 is 0 Å². The Balaban J connectivity index is 1.38. The van der Waals surface area contributed by atoms with E-state index in [0.29, 0.717) is 0 Å². The van der Waals surface area contributed by atoms with E-state index in [1.165, 1.54) is 0 Å². The maximum atomic E-state index is 12.9. The number of halogens is 1. The van der Waals surface area contributed by atoms with Crippen molar-refractivity contribution in [2.75, 3.05) is 0 Å². The van der Waals surface area contributed by atoms with Gasteiger partial charge in [-0.3, -0.25) is 4.79 Å². The SMILES string of the molecule is O=C(Cc1cccc2ccccc12)N/N=C/c1cc(-c2ccccc2)n(-c2ccc(Br)cc2)c1-c1ccccc1. The molecular formula is C35H26BrN3O. The second-order valence-corrected chi connectivity index (χ2v) is 10.4. The lowest BCUT2D eigenvalue weighted by Crippen LogP contribution is -2.19. The molecule has 0 saturated carbocycles. The number of fused-ring (bicyclic) bond motifs is 1. The van der Waals surface area contributed by atoms with Crippen molar-refractivity contribution in [3.63, 3.8) is 0 Å². The van der Waals surface area contributed by atoms with Gasteiger partial charge in [0.15, 0.2) is 0 Å². The van der Waals surface area contributed by atoms with E-state index >= 15 is 0 Å². The Morgan fingerprint density at radius 3 is 2.15 bits per heavy atom. The molecule has 194 valence electrons. The Labute approximate surface area is 241 Å².